The van der Waals surface area contributed by atoms with E-state index in [0.29, 0.717) is 5.69 Å². The van der Waals surface area contributed by atoms with E-state index < -0.39 is 5.97 Å². The molecule has 100 valence electrons. The molecule has 0 fully saturated rings. The van der Waals surface area contributed by atoms with Crippen LogP contribution in [0.15, 0.2) is 18.2 Å². The van der Waals surface area contributed by atoms with Crippen LogP contribution in [-0.4, -0.2) is 18.0 Å². The lowest BCUT2D eigenvalue weighted by atomic mass is 10.2. The number of terminal acetylenes is 1. The third-order valence-corrected chi connectivity index (χ3v) is 2.40. The number of anilines is 1. The number of amides is 1. The number of carbonyl (C=O) groups is 2. The van der Waals surface area contributed by atoms with Crippen LogP contribution < -0.4 is 5.32 Å². The van der Waals surface area contributed by atoms with Crippen LogP contribution in [0.25, 0.3) is 0 Å². The van der Waals surface area contributed by atoms with Gasteiger partial charge in [0, 0.05) is 5.69 Å². The van der Waals surface area contributed by atoms with E-state index in [1.165, 1.54) is 12.1 Å². The molecule has 4 nitrogen and oxygen atoms in total. The van der Waals surface area contributed by atoms with Crippen molar-refractivity contribution in [3.63, 3.8) is 0 Å². The van der Waals surface area contributed by atoms with Gasteiger partial charge in [0.25, 0.3) is 0 Å². The number of nitrogens with one attached hydrogen (secondary N) is 1. The van der Waals surface area contributed by atoms with Crippen molar-refractivity contribution in [2.45, 2.75) is 26.4 Å². The first-order chi connectivity index (χ1) is 8.93. The minimum atomic E-state index is -0.534. The summed E-state index contributed by atoms with van der Waals surface area (Å²) in [6, 6.07) is 4.56. The number of halogens is 1. The van der Waals surface area contributed by atoms with Crippen LogP contribution in [0, 0.1) is 12.3 Å². The van der Waals surface area contributed by atoms with Gasteiger partial charge in [-0.3, -0.25) is 4.79 Å². The highest BCUT2D eigenvalue weighted by Gasteiger charge is 2.14. The minimum absolute atomic E-state index is 0.0333. The fraction of sp³-hybridized carbons (Fsp3) is 0.286. The lowest BCUT2D eigenvalue weighted by Crippen LogP contribution is -2.14. The summed E-state index contributed by atoms with van der Waals surface area (Å²) >= 11 is 5.93. The number of ether oxygens (including phenoxy) is 1. The smallest absolute Gasteiger partial charge is 0.339 e. The van der Waals surface area contributed by atoms with E-state index in [4.69, 9.17) is 22.8 Å². The number of benzene rings is 1. The lowest BCUT2D eigenvalue weighted by Gasteiger charge is -2.10. The largest absolute Gasteiger partial charge is 0.459 e. The van der Waals surface area contributed by atoms with Gasteiger partial charge in [-0.25, -0.2) is 4.79 Å². The van der Waals surface area contributed by atoms with E-state index in [0.717, 1.165) is 0 Å². The van der Waals surface area contributed by atoms with Crippen molar-refractivity contribution in [3.8, 4) is 12.3 Å². The Hall–Kier alpha value is -1.99. The summed E-state index contributed by atoms with van der Waals surface area (Å²) in [5, 5.41) is 2.84. The van der Waals surface area contributed by atoms with Crippen molar-refractivity contribution in [2.75, 3.05) is 5.32 Å². The zero-order chi connectivity index (χ0) is 14.4. The number of hydrogen-bond acceptors (Lipinski definition) is 3. The molecule has 0 atom stereocenters. The fourth-order valence-electron chi connectivity index (χ4n) is 1.33. The second-order valence-electron chi connectivity index (χ2n) is 4.08. The van der Waals surface area contributed by atoms with Gasteiger partial charge in [0.15, 0.2) is 0 Å². The van der Waals surface area contributed by atoms with Gasteiger partial charge in [-0.2, -0.15) is 0 Å². The molecule has 1 aromatic carbocycles. The summed E-state index contributed by atoms with van der Waals surface area (Å²) in [5.74, 6) is 1.37. The molecular weight excluding hydrogens is 266 g/mol. The van der Waals surface area contributed by atoms with E-state index in [2.05, 4.69) is 11.2 Å². The van der Waals surface area contributed by atoms with E-state index >= 15 is 0 Å². The van der Waals surface area contributed by atoms with Gasteiger partial charge in [0.2, 0.25) is 5.91 Å². The second kappa shape index (κ2) is 6.81. The van der Waals surface area contributed by atoms with Gasteiger partial charge < -0.3 is 10.1 Å². The maximum absolute atomic E-state index is 11.8. The van der Waals surface area contributed by atoms with Crippen LogP contribution in [0.4, 0.5) is 5.69 Å². The summed E-state index contributed by atoms with van der Waals surface area (Å²) in [4.78, 5) is 23.1. The van der Waals surface area contributed by atoms with E-state index in [1.54, 1.807) is 19.9 Å². The Kier molecular flexibility index (Phi) is 5.40. The molecule has 0 heterocycles. The molecule has 5 heteroatoms. The van der Waals surface area contributed by atoms with Crippen LogP contribution >= 0.6 is 11.6 Å². The molecule has 0 aliphatic heterocycles. The summed E-state index contributed by atoms with van der Waals surface area (Å²) in [6.45, 7) is 3.48. The molecule has 0 spiro atoms. The summed E-state index contributed by atoms with van der Waals surface area (Å²) < 4.78 is 5.06. The Morgan fingerprint density at radius 3 is 2.74 bits per heavy atom. The zero-order valence-corrected chi connectivity index (χ0v) is 11.5. The molecule has 0 radical (unpaired) electrons. The number of esters is 1. The number of carbonyl (C=O) groups excluding carboxylic acids is 2. The predicted molar refractivity (Wildman–Crippen MR) is 74.1 cm³/mol. The van der Waals surface area contributed by atoms with E-state index in [-0.39, 0.29) is 29.0 Å². The molecule has 1 aromatic rings. The highest BCUT2D eigenvalue weighted by atomic mass is 35.5. The molecule has 0 aromatic heterocycles. The van der Waals surface area contributed by atoms with Gasteiger partial charge in [-0.05, 0) is 32.0 Å². The topological polar surface area (TPSA) is 55.4 Å². The van der Waals surface area contributed by atoms with Crippen LogP contribution in [0.2, 0.25) is 5.02 Å². The van der Waals surface area contributed by atoms with Crippen molar-refractivity contribution >= 4 is 29.2 Å². The van der Waals surface area contributed by atoms with E-state index in [1.807, 2.05) is 0 Å². The third-order valence-electron chi connectivity index (χ3n) is 2.08. The van der Waals surface area contributed by atoms with Crippen LogP contribution in [0.5, 0.6) is 0 Å². The normalized spacial score (nSPS) is 9.84. The van der Waals surface area contributed by atoms with Gasteiger partial charge in [0.05, 0.1) is 23.1 Å². The molecule has 0 saturated carbocycles. The first kappa shape index (κ1) is 15.1. The predicted octanol–water partition coefficient (Wildman–Crippen LogP) is 2.87. The first-order valence-corrected chi connectivity index (χ1v) is 6.05. The molecule has 0 saturated heterocycles. The SMILES string of the molecule is C#CCC(=O)Nc1ccc(Cl)c(C(=O)OC(C)C)c1. The van der Waals surface area contributed by atoms with Crippen molar-refractivity contribution in [2.24, 2.45) is 0 Å². The third kappa shape index (κ3) is 4.65. The summed E-state index contributed by atoms with van der Waals surface area (Å²) in [5.41, 5.74) is 0.647. The van der Waals surface area contributed by atoms with Crippen molar-refractivity contribution < 1.29 is 14.3 Å². The lowest BCUT2D eigenvalue weighted by molar-refractivity contribution is -0.115. The maximum Gasteiger partial charge on any atom is 0.339 e. The summed E-state index contributed by atoms with van der Waals surface area (Å²) in [6.07, 6.45) is 4.75. The zero-order valence-electron chi connectivity index (χ0n) is 10.7. The Bertz CT molecular complexity index is 532. The molecular formula is C14H14ClNO3. The highest BCUT2D eigenvalue weighted by Crippen LogP contribution is 2.22. The molecule has 0 aliphatic carbocycles. The Labute approximate surface area is 117 Å². The molecule has 1 amide bonds. The monoisotopic (exact) mass is 279 g/mol. The molecule has 0 bridgehead atoms. The Morgan fingerprint density at radius 1 is 1.47 bits per heavy atom. The Balaban J connectivity index is 2.91. The van der Waals surface area contributed by atoms with Crippen molar-refractivity contribution in [3.05, 3.63) is 28.8 Å². The van der Waals surface area contributed by atoms with Crippen molar-refractivity contribution in [1.82, 2.24) is 0 Å². The van der Waals surface area contributed by atoms with Crippen LogP contribution in [0.1, 0.15) is 30.6 Å². The fourth-order valence-corrected chi connectivity index (χ4v) is 1.53. The first-order valence-electron chi connectivity index (χ1n) is 5.68. The molecule has 1 rings (SSSR count). The maximum atomic E-state index is 11.8. The number of hydrogen-bond donors (Lipinski definition) is 1. The standard InChI is InChI=1S/C14H14ClNO3/c1-4-5-13(17)16-10-6-7-12(15)11(8-10)14(18)19-9(2)3/h1,6-9H,5H2,2-3H3,(H,16,17). The van der Waals surface area contributed by atoms with Gasteiger partial charge in [0.1, 0.15) is 0 Å². The minimum Gasteiger partial charge on any atom is -0.459 e. The molecule has 0 unspecified atom stereocenters. The molecule has 0 aliphatic rings. The van der Waals surface area contributed by atoms with Crippen LogP contribution in [0.3, 0.4) is 0 Å². The van der Waals surface area contributed by atoms with E-state index in [9.17, 15) is 9.59 Å². The van der Waals surface area contributed by atoms with Crippen molar-refractivity contribution in [1.29, 1.82) is 0 Å². The van der Waals surface area contributed by atoms with Crippen LogP contribution in [-0.2, 0) is 9.53 Å². The van der Waals surface area contributed by atoms with Gasteiger partial charge in [-0.1, -0.05) is 17.5 Å². The number of rotatable bonds is 4. The second-order valence-corrected chi connectivity index (χ2v) is 4.48. The molecule has 1 N–H and O–H groups in total. The highest BCUT2D eigenvalue weighted by molar-refractivity contribution is 6.33. The Morgan fingerprint density at radius 2 is 2.16 bits per heavy atom. The average molecular weight is 280 g/mol. The summed E-state index contributed by atoms with van der Waals surface area (Å²) in [7, 11) is 0. The quantitative estimate of drug-likeness (QED) is 0.681. The van der Waals surface area contributed by atoms with Gasteiger partial charge in [-0.15, -0.1) is 6.42 Å². The average Bonchev–Trinajstić information content (AvgIpc) is 2.31. The molecule has 19 heavy (non-hydrogen) atoms. The van der Waals surface area contributed by atoms with Gasteiger partial charge >= 0.3 is 5.97 Å².